The van der Waals surface area contributed by atoms with Crippen molar-refractivity contribution in [2.24, 2.45) is 0 Å². The van der Waals surface area contributed by atoms with Crippen LogP contribution >= 0.6 is 0 Å². The molecule has 0 atom stereocenters. The van der Waals surface area contributed by atoms with Crippen LogP contribution in [0.1, 0.15) is 22.8 Å². The van der Waals surface area contributed by atoms with Crippen molar-refractivity contribution >= 4 is 11.6 Å². The number of hydrogen-bond donors (Lipinski definition) is 1. The number of carbonyl (C=O) groups is 1. The minimum Gasteiger partial charge on any atom is -0.380 e. The summed E-state index contributed by atoms with van der Waals surface area (Å²) in [6, 6.07) is 2.02. The van der Waals surface area contributed by atoms with Gasteiger partial charge in [-0.25, -0.2) is 4.39 Å². The van der Waals surface area contributed by atoms with E-state index >= 15 is 0 Å². The number of nitrogens with zero attached hydrogens (tertiary/aromatic N) is 1. The molecule has 0 saturated carbocycles. The van der Waals surface area contributed by atoms with E-state index in [1.54, 1.807) is 0 Å². The van der Waals surface area contributed by atoms with E-state index in [1.165, 1.54) is 6.92 Å². The Morgan fingerprint density at radius 2 is 2.21 bits per heavy atom. The SMILES string of the molecule is CCOCCNC(=O)c1cc([N+](=O)[O-])cc(C)c1F. The number of amides is 1. The molecule has 0 spiro atoms. The number of aryl methyl sites for hydroxylation is 1. The second kappa shape index (κ2) is 6.79. The summed E-state index contributed by atoms with van der Waals surface area (Å²) in [7, 11) is 0. The summed E-state index contributed by atoms with van der Waals surface area (Å²) < 4.78 is 18.8. The maximum absolute atomic E-state index is 13.8. The Labute approximate surface area is 109 Å². The number of carbonyl (C=O) groups excluding carboxylic acids is 1. The smallest absolute Gasteiger partial charge is 0.270 e. The van der Waals surface area contributed by atoms with Gasteiger partial charge in [-0.05, 0) is 19.4 Å². The number of nitro benzene ring substituents is 1. The van der Waals surface area contributed by atoms with E-state index < -0.39 is 16.6 Å². The average Bonchev–Trinajstić information content (AvgIpc) is 2.37. The Kier molecular flexibility index (Phi) is 5.37. The molecule has 7 heteroatoms. The van der Waals surface area contributed by atoms with Gasteiger partial charge < -0.3 is 10.1 Å². The molecule has 0 aliphatic heterocycles. The first kappa shape index (κ1) is 15.0. The van der Waals surface area contributed by atoms with E-state index in [0.29, 0.717) is 13.2 Å². The maximum atomic E-state index is 13.8. The highest BCUT2D eigenvalue weighted by atomic mass is 19.1. The average molecular weight is 270 g/mol. The highest BCUT2D eigenvalue weighted by Crippen LogP contribution is 2.20. The van der Waals surface area contributed by atoms with Gasteiger partial charge in [0, 0.05) is 25.3 Å². The van der Waals surface area contributed by atoms with Crippen LogP contribution in [-0.4, -0.2) is 30.6 Å². The van der Waals surface area contributed by atoms with Crippen LogP contribution in [0.2, 0.25) is 0 Å². The molecule has 0 saturated heterocycles. The zero-order valence-corrected chi connectivity index (χ0v) is 10.7. The number of nitro groups is 1. The number of nitrogens with one attached hydrogen (secondary N) is 1. The predicted molar refractivity (Wildman–Crippen MR) is 66.6 cm³/mol. The standard InChI is InChI=1S/C12H15FN2O4/c1-3-19-5-4-14-12(16)10-7-9(15(17)18)6-8(2)11(10)13/h6-7H,3-5H2,1-2H3,(H,14,16). The molecule has 1 rings (SSSR count). The lowest BCUT2D eigenvalue weighted by atomic mass is 10.1. The fraction of sp³-hybridized carbons (Fsp3) is 0.417. The third kappa shape index (κ3) is 3.99. The Hall–Kier alpha value is -2.02. The van der Waals surface area contributed by atoms with E-state index in [9.17, 15) is 19.3 Å². The third-order valence-electron chi connectivity index (χ3n) is 2.43. The fourth-order valence-corrected chi connectivity index (χ4v) is 1.50. The van der Waals surface area contributed by atoms with Crippen LogP contribution in [0.3, 0.4) is 0 Å². The zero-order valence-electron chi connectivity index (χ0n) is 10.7. The molecular weight excluding hydrogens is 255 g/mol. The summed E-state index contributed by atoms with van der Waals surface area (Å²) in [6.45, 7) is 4.22. The highest BCUT2D eigenvalue weighted by Gasteiger charge is 2.19. The van der Waals surface area contributed by atoms with Crippen LogP contribution in [0.5, 0.6) is 0 Å². The van der Waals surface area contributed by atoms with Crippen LogP contribution < -0.4 is 5.32 Å². The van der Waals surface area contributed by atoms with Crippen LogP contribution in [-0.2, 0) is 4.74 Å². The lowest BCUT2D eigenvalue weighted by Gasteiger charge is -2.07. The van der Waals surface area contributed by atoms with Gasteiger partial charge in [0.05, 0.1) is 17.1 Å². The summed E-state index contributed by atoms with van der Waals surface area (Å²) in [5, 5.41) is 13.1. The first-order valence-corrected chi connectivity index (χ1v) is 5.77. The lowest BCUT2D eigenvalue weighted by Crippen LogP contribution is -2.28. The summed E-state index contributed by atoms with van der Waals surface area (Å²) in [5.74, 6) is -1.44. The van der Waals surface area contributed by atoms with Gasteiger partial charge in [0.1, 0.15) is 5.82 Å². The van der Waals surface area contributed by atoms with Crippen molar-refractivity contribution in [2.75, 3.05) is 19.8 Å². The van der Waals surface area contributed by atoms with Crippen molar-refractivity contribution in [3.05, 3.63) is 39.2 Å². The monoisotopic (exact) mass is 270 g/mol. The molecule has 0 aromatic heterocycles. The first-order chi connectivity index (χ1) is 8.97. The van der Waals surface area contributed by atoms with Gasteiger partial charge in [0.25, 0.3) is 11.6 Å². The normalized spacial score (nSPS) is 10.3. The van der Waals surface area contributed by atoms with Gasteiger partial charge in [-0.3, -0.25) is 14.9 Å². The number of rotatable bonds is 6. The Balaban J connectivity index is 2.86. The molecule has 1 aromatic rings. The third-order valence-corrected chi connectivity index (χ3v) is 2.43. The van der Waals surface area contributed by atoms with E-state index in [-0.39, 0.29) is 23.4 Å². The Morgan fingerprint density at radius 1 is 1.53 bits per heavy atom. The largest absolute Gasteiger partial charge is 0.380 e. The van der Waals surface area contributed by atoms with Crippen molar-refractivity contribution in [3.8, 4) is 0 Å². The number of ether oxygens (including phenoxy) is 1. The van der Waals surface area contributed by atoms with Gasteiger partial charge in [-0.2, -0.15) is 0 Å². The predicted octanol–water partition coefficient (Wildman–Crippen LogP) is 1.81. The van der Waals surface area contributed by atoms with Crippen LogP contribution in [0, 0.1) is 22.9 Å². The number of non-ortho nitro benzene ring substituents is 1. The molecule has 6 nitrogen and oxygen atoms in total. The topological polar surface area (TPSA) is 81.5 Å². The first-order valence-electron chi connectivity index (χ1n) is 5.77. The highest BCUT2D eigenvalue weighted by molar-refractivity contribution is 5.95. The maximum Gasteiger partial charge on any atom is 0.270 e. The van der Waals surface area contributed by atoms with E-state index in [1.807, 2.05) is 6.92 Å². The van der Waals surface area contributed by atoms with Crippen LogP contribution in [0.15, 0.2) is 12.1 Å². The molecule has 0 fully saturated rings. The van der Waals surface area contributed by atoms with E-state index in [0.717, 1.165) is 12.1 Å². The van der Waals surface area contributed by atoms with E-state index in [2.05, 4.69) is 5.32 Å². The van der Waals surface area contributed by atoms with Crippen molar-refractivity contribution in [3.63, 3.8) is 0 Å². The van der Waals surface area contributed by atoms with Crippen molar-refractivity contribution in [1.82, 2.24) is 5.32 Å². The van der Waals surface area contributed by atoms with Gasteiger partial charge in [0.15, 0.2) is 0 Å². The second-order valence-corrected chi connectivity index (χ2v) is 3.83. The molecular formula is C12H15FN2O4. The molecule has 0 radical (unpaired) electrons. The van der Waals surface area contributed by atoms with Gasteiger partial charge >= 0.3 is 0 Å². The van der Waals surface area contributed by atoms with Gasteiger partial charge in [0.2, 0.25) is 0 Å². The van der Waals surface area contributed by atoms with Crippen LogP contribution in [0.25, 0.3) is 0 Å². The molecule has 1 aromatic carbocycles. The zero-order chi connectivity index (χ0) is 14.4. The minimum atomic E-state index is -0.750. The molecule has 1 N–H and O–H groups in total. The summed E-state index contributed by atoms with van der Waals surface area (Å²) >= 11 is 0. The molecule has 1 amide bonds. The number of benzene rings is 1. The molecule has 19 heavy (non-hydrogen) atoms. The van der Waals surface area contributed by atoms with E-state index in [4.69, 9.17) is 4.74 Å². The molecule has 0 unspecified atom stereocenters. The molecule has 104 valence electrons. The Bertz CT molecular complexity index is 491. The van der Waals surface area contributed by atoms with Crippen molar-refractivity contribution in [2.45, 2.75) is 13.8 Å². The van der Waals surface area contributed by atoms with Gasteiger partial charge in [-0.15, -0.1) is 0 Å². The van der Waals surface area contributed by atoms with Crippen molar-refractivity contribution < 1.29 is 18.8 Å². The van der Waals surface area contributed by atoms with Gasteiger partial charge in [-0.1, -0.05) is 0 Å². The second-order valence-electron chi connectivity index (χ2n) is 3.83. The summed E-state index contributed by atoms with van der Waals surface area (Å²) in [4.78, 5) is 21.7. The van der Waals surface area contributed by atoms with Crippen molar-refractivity contribution in [1.29, 1.82) is 0 Å². The summed E-state index contributed by atoms with van der Waals surface area (Å²) in [6.07, 6.45) is 0. The molecule has 0 bridgehead atoms. The Morgan fingerprint density at radius 3 is 2.79 bits per heavy atom. The summed E-state index contributed by atoms with van der Waals surface area (Å²) in [5.41, 5.74) is -0.582. The molecule has 0 aliphatic rings. The number of hydrogen-bond acceptors (Lipinski definition) is 4. The molecule has 0 aliphatic carbocycles. The van der Waals surface area contributed by atoms with Crippen LogP contribution in [0.4, 0.5) is 10.1 Å². The lowest BCUT2D eigenvalue weighted by molar-refractivity contribution is -0.385. The number of halogens is 1. The molecule has 0 heterocycles. The fourth-order valence-electron chi connectivity index (χ4n) is 1.50. The minimum absolute atomic E-state index is 0.0594. The quantitative estimate of drug-likeness (QED) is 0.485.